The Morgan fingerprint density at radius 3 is 2.48 bits per heavy atom. The Hall–Kier alpha value is -3.21. The Morgan fingerprint density at radius 2 is 1.76 bits per heavy atom. The van der Waals surface area contributed by atoms with Gasteiger partial charge < -0.3 is 0 Å². The zero-order valence-electron chi connectivity index (χ0n) is 19.0. The SMILES string of the molecule is Cc1cc(-c2cccc(S(=O)(=O)N3C[C@@H](C)C[C@H](C)C3)c2)n2c(nc3ccccc32)c1C#N. The third-order valence-corrected chi connectivity index (χ3v) is 8.32. The van der Waals surface area contributed by atoms with Gasteiger partial charge in [0.05, 0.1) is 27.2 Å². The highest BCUT2D eigenvalue weighted by Crippen LogP contribution is 2.32. The van der Waals surface area contributed by atoms with Crippen LogP contribution in [0.15, 0.2) is 59.5 Å². The van der Waals surface area contributed by atoms with Crippen molar-refractivity contribution in [1.82, 2.24) is 13.7 Å². The summed E-state index contributed by atoms with van der Waals surface area (Å²) in [6.45, 7) is 7.19. The van der Waals surface area contributed by atoms with Crippen molar-refractivity contribution in [3.8, 4) is 17.3 Å². The quantitative estimate of drug-likeness (QED) is 0.433. The summed E-state index contributed by atoms with van der Waals surface area (Å²) in [7, 11) is -3.61. The maximum absolute atomic E-state index is 13.5. The minimum absolute atomic E-state index is 0.292. The second-order valence-corrected chi connectivity index (χ2v) is 11.2. The zero-order valence-corrected chi connectivity index (χ0v) is 19.8. The average Bonchev–Trinajstić information content (AvgIpc) is 3.17. The molecule has 0 amide bonds. The summed E-state index contributed by atoms with van der Waals surface area (Å²) < 4.78 is 30.6. The van der Waals surface area contributed by atoms with Gasteiger partial charge >= 0.3 is 0 Å². The first-order valence-electron chi connectivity index (χ1n) is 11.2. The molecule has 2 aromatic carbocycles. The first-order valence-corrected chi connectivity index (χ1v) is 12.6. The Kier molecular flexibility index (Phi) is 5.23. The van der Waals surface area contributed by atoms with Gasteiger partial charge in [0.2, 0.25) is 10.0 Å². The number of fused-ring (bicyclic) bond motifs is 3. The van der Waals surface area contributed by atoms with Crippen LogP contribution in [0.4, 0.5) is 0 Å². The molecule has 0 radical (unpaired) electrons. The van der Waals surface area contributed by atoms with Crippen LogP contribution in [0.25, 0.3) is 27.9 Å². The molecule has 1 aliphatic rings. The molecular weight excluding hydrogens is 432 g/mol. The molecule has 3 heterocycles. The van der Waals surface area contributed by atoms with Crippen LogP contribution in [0.2, 0.25) is 0 Å². The maximum atomic E-state index is 13.5. The Morgan fingerprint density at radius 1 is 1.03 bits per heavy atom. The van der Waals surface area contributed by atoms with Gasteiger partial charge in [-0.3, -0.25) is 4.40 Å². The van der Waals surface area contributed by atoms with E-state index >= 15 is 0 Å². The van der Waals surface area contributed by atoms with Crippen LogP contribution in [0, 0.1) is 30.1 Å². The van der Waals surface area contributed by atoms with E-state index in [2.05, 4.69) is 19.9 Å². The zero-order chi connectivity index (χ0) is 23.3. The van der Waals surface area contributed by atoms with Crippen molar-refractivity contribution in [2.75, 3.05) is 13.1 Å². The highest BCUT2D eigenvalue weighted by atomic mass is 32.2. The number of nitrogens with zero attached hydrogens (tertiary/aromatic N) is 4. The number of sulfonamides is 1. The summed E-state index contributed by atoms with van der Waals surface area (Å²) >= 11 is 0. The van der Waals surface area contributed by atoms with Crippen molar-refractivity contribution < 1.29 is 8.42 Å². The molecular formula is C26H26N4O2S. The summed E-state index contributed by atoms with van der Waals surface area (Å²) in [4.78, 5) is 5.00. The first kappa shape index (κ1) is 21.6. The maximum Gasteiger partial charge on any atom is 0.243 e. The van der Waals surface area contributed by atoms with Gasteiger partial charge in [0.15, 0.2) is 5.65 Å². The lowest BCUT2D eigenvalue weighted by molar-refractivity contribution is 0.222. The van der Waals surface area contributed by atoms with Crippen molar-refractivity contribution in [2.45, 2.75) is 32.1 Å². The molecule has 0 N–H and O–H groups in total. The summed E-state index contributed by atoms with van der Waals surface area (Å²) in [5.74, 6) is 0.676. The summed E-state index contributed by atoms with van der Waals surface area (Å²) in [6, 6.07) is 19.1. The van der Waals surface area contributed by atoms with Gasteiger partial charge in [0.1, 0.15) is 6.07 Å². The standard InChI is InChI=1S/C26H26N4O2S/c1-17-11-18(2)16-29(15-17)33(31,32)21-8-6-7-20(13-21)25-12-19(3)22(14-27)26-28-23-9-4-5-10-24(23)30(25)26/h4-10,12-13,17-18H,11,15-16H2,1-3H3/t17-,18-/m0/s1. The van der Waals surface area contributed by atoms with E-state index in [-0.39, 0.29) is 0 Å². The molecule has 4 aromatic rings. The van der Waals surface area contributed by atoms with E-state index in [1.807, 2.05) is 47.7 Å². The van der Waals surface area contributed by atoms with Gasteiger partial charge in [0.25, 0.3) is 0 Å². The second kappa shape index (κ2) is 7.98. The minimum atomic E-state index is -3.61. The number of aryl methyl sites for hydroxylation is 1. The van der Waals surface area contributed by atoms with Crippen LogP contribution in [0.3, 0.4) is 0 Å². The predicted molar refractivity (Wildman–Crippen MR) is 129 cm³/mol. The van der Waals surface area contributed by atoms with Gasteiger partial charge in [0, 0.05) is 13.1 Å². The lowest BCUT2D eigenvalue weighted by Crippen LogP contribution is -2.42. The van der Waals surface area contributed by atoms with Gasteiger partial charge in [-0.1, -0.05) is 38.1 Å². The highest BCUT2D eigenvalue weighted by Gasteiger charge is 2.32. The lowest BCUT2D eigenvalue weighted by atomic mass is 9.94. The number of aromatic nitrogens is 2. The van der Waals surface area contributed by atoms with Crippen molar-refractivity contribution in [3.05, 3.63) is 65.7 Å². The molecule has 2 atom stereocenters. The molecule has 0 spiro atoms. The van der Waals surface area contributed by atoms with E-state index < -0.39 is 10.0 Å². The Labute approximate surface area is 194 Å². The fourth-order valence-corrected chi connectivity index (χ4v) is 6.80. The van der Waals surface area contributed by atoms with E-state index in [9.17, 15) is 13.7 Å². The largest absolute Gasteiger partial charge is 0.291 e. The molecule has 0 unspecified atom stereocenters. The fourth-order valence-electron chi connectivity index (χ4n) is 5.07. The first-order chi connectivity index (χ1) is 15.8. The van der Waals surface area contributed by atoms with Crippen molar-refractivity contribution in [3.63, 3.8) is 0 Å². The van der Waals surface area contributed by atoms with E-state index in [4.69, 9.17) is 4.98 Å². The lowest BCUT2D eigenvalue weighted by Gasteiger charge is -2.34. The summed E-state index contributed by atoms with van der Waals surface area (Å²) in [5, 5.41) is 9.75. The minimum Gasteiger partial charge on any atom is -0.291 e. The molecule has 7 heteroatoms. The molecule has 1 saturated heterocycles. The average molecular weight is 459 g/mol. The van der Waals surface area contributed by atoms with Crippen molar-refractivity contribution >= 4 is 26.7 Å². The van der Waals surface area contributed by atoms with Crippen molar-refractivity contribution in [1.29, 1.82) is 5.26 Å². The summed E-state index contributed by atoms with van der Waals surface area (Å²) in [5.41, 5.74) is 5.17. The van der Waals surface area contributed by atoms with Crippen LogP contribution in [0.5, 0.6) is 0 Å². The van der Waals surface area contributed by atoms with E-state index in [0.29, 0.717) is 41.0 Å². The van der Waals surface area contributed by atoms with Gasteiger partial charge in [-0.2, -0.15) is 9.57 Å². The number of rotatable bonds is 3. The van der Waals surface area contributed by atoms with Crippen LogP contribution >= 0.6 is 0 Å². The van der Waals surface area contributed by atoms with Gasteiger partial charge in [-0.25, -0.2) is 13.4 Å². The van der Waals surface area contributed by atoms with E-state index in [0.717, 1.165) is 34.3 Å². The predicted octanol–water partition coefficient (Wildman–Crippen LogP) is 5.00. The molecule has 168 valence electrons. The van der Waals surface area contributed by atoms with Crippen LogP contribution in [-0.2, 0) is 10.0 Å². The molecule has 6 nitrogen and oxygen atoms in total. The monoisotopic (exact) mass is 458 g/mol. The number of hydrogen-bond acceptors (Lipinski definition) is 4. The molecule has 0 bridgehead atoms. The normalized spacial score (nSPS) is 19.7. The molecule has 1 aliphatic heterocycles. The Balaban J connectivity index is 1.70. The topological polar surface area (TPSA) is 78.5 Å². The number of piperidine rings is 1. The molecule has 1 fully saturated rings. The van der Waals surface area contributed by atoms with Crippen molar-refractivity contribution in [2.24, 2.45) is 11.8 Å². The molecule has 5 rings (SSSR count). The smallest absolute Gasteiger partial charge is 0.243 e. The third kappa shape index (κ3) is 3.60. The number of benzene rings is 2. The van der Waals surface area contributed by atoms with Crippen LogP contribution < -0.4 is 0 Å². The van der Waals surface area contributed by atoms with Crippen LogP contribution in [-0.4, -0.2) is 35.2 Å². The third-order valence-electron chi connectivity index (χ3n) is 6.49. The fraction of sp³-hybridized carbons (Fsp3) is 0.308. The number of nitriles is 1. The van der Waals surface area contributed by atoms with E-state index in [1.165, 1.54) is 0 Å². The number of pyridine rings is 1. The number of hydrogen-bond donors (Lipinski definition) is 0. The molecule has 0 aliphatic carbocycles. The Bertz CT molecular complexity index is 1520. The molecule has 33 heavy (non-hydrogen) atoms. The van der Waals surface area contributed by atoms with Crippen LogP contribution in [0.1, 0.15) is 31.4 Å². The number of para-hydroxylation sites is 2. The second-order valence-electron chi connectivity index (χ2n) is 9.25. The molecule has 0 saturated carbocycles. The highest BCUT2D eigenvalue weighted by molar-refractivity contribution is 7.89. The summed E-state index contributed by atoms with van der Waals surface area (Å²) in [6.07, 6.45) is 1.04. The van der Waals surface area contributed by atoms with E-state index in [1.54, 1.807) is 22.5 Å². The van der Waals surface area contributed by atoms with Gasteiger partial charge in [-0.15, -0.1) is 0 Å². The van der Waals surface area contributed by atoms with Gasteiger partial charge in [-0.05, 0) is 66.6 Å². The number of imidazole rings is 1. The molecule has 2 aromatic heterocycles.